The van der Waals surface area contributed by atoms with E-state index in [0.29, 0.717) is 55.9 Å². The first-order valence-electron chi connectivity index (χ1n) is 27.5. The van der Waals surface area contributed by atoms with E-state index in [-0.39, 0.29) is 5.41 Å². The van der Waals surface area contributed by atoms with Gasteiger partial charge in [-0.2, -0.15) is 21.0 Å². The van der Waals surface area contributed by atoms with Gasteiger partial charge < -0.3 is 22.5 Å². The lowest BCUT2D eigenvalue weighted by molar-refractivity contribution is 0.591. The molecule has 0 saturated heterocycles. The minimum atomic E-state index is -0.169. The summed E-state index contributed by atoms with van der Waals surface area (Å²) in [5, 5.41) is 52.5. The molecule has 9 heteroatoms. The lowest BCUT2D eigenvalue weighted by Crippen LogP contribution is -2.10. The predicted octanol–water partition coefficient (Wildman–Crippen LogP) is 18.9. The van der Waals surface area contributed by atoms with E-state index in [9.17, 15) is 21.0 Å². The number of nitriles is 4. The summed E-state index contributed by atoms with van der Waals surface area (Å²) in [4.78, 5) is 0. The van der Waals surface area contributed by atoms with Crippen LogP contribution < -0.4 is 0 Å². The number of furan rings is 2. The van der Waals surface area contributed by atoms with Crippen LogP contribution in [0.5, 0.6) is 0 Å². The van der Waals surface area contributed by atoms with E-state index in [1.165, 1.54) is 5.39 Å². The molecule has 0 fully saturated rings. The van der Waals surface area contributed by atoms with E-state index in [1.807, 2.05) is 54.6 Å². The standard InChI is InChI=1S/C74H43N7O2/c1-74(2,3)48-22-28-63-58(37-48)71-64(80(63)66-32-42(38-75)17-18-47(66)40-77)29-25-54-52-23-19-46(36-69(52)83-73(54)71)55-31-43(39-76)33-67(59(55)41-78)81-62-27-21-45(35-57(62)70-65(81)30-24-53-51-14-8-10-16-68(51)82-72(53)70)44-20-26-61-56(34-44)50-13-7-9-15-60(50)79(61)49-11-5-4-6-12-49/h4-37H,1-3H3. The van der Waals surface area contributed by atoms with E-state index >= 15 is 0 Å². The zero-order chi connectivity index (χ0) is 56.0. The first-order chi connectivity index (χ1) is 40.6. The highest BCUT2D eigenvalue weighted by Gasteiger charge is 2.27. The van der Waals surface area contributed by atoms with Gasteiger partial charge in [-0.05, 0) is 155 Å². The molecule has 83 heavy (non-hydrogen) atoms. The SMILES string of the molecule is CC(C)(C)c1ccc2c(c1)c1c3oc4cc(-c5cc(C#N)cc(-n6c7ccc(-c8ccc9c(c8)c8ccccc8n9-c8ccccc8)cc7c7c8oc9ccccc9c8ccc76)c5C#N)ccc4c3ccc1n2-c1cc(C#N)ccc1C#N. The molecule has 0 aliphatic rings. The number of nitrogens with zero attached hydrogens (tertiary/aromatic N) is 7. The van der Waals surface area contributed by atoms with Gasteiger partial charge in [0.05, 0.1) is 89.6 Å². The van der Waals surface area contributed by atoms with Crippen molar-refractivity contribution in [2.24, 2.45) is 0 Å². The normalized spacial score (nSPS) is 12.0. The molecule has 0 saturated carbocycles. The van der Waals surface area contributed by atoms with Crippen molar-refractivity contribution in [2.45, 2.75) is 26.2 Å². The molecule has 16 rings (SSSR count). The zero-order valence-corrected chi connectivity index (χ0v) is 45.1. The summed E-state index contributed by atoms with van der Waals surface area (Å²) in [6.07, 6.45) is 0. The Hall–Kier alpha value is -11.6. The van der Waals surface area contributed by atoms with E-state index < -0.39 is 0 Å². The van der Waals surface area contributed by atoms with E-state index in [4.69, 9.17) is 8.83 Å². The third-order valence-corrected chi connectivity index (χ3v) is 16.9. The van der Waals surface area contributed by atoms with Gasteiger partial charge in [-0.15, -0.1) is 0 Å². The average Bonchev–Trinajstić information content (AvgIpc) is 2.45. The zero-order valence-electron chi connectivity index (χ0n) is 45.1. The number of benzene rings is 11. The van der Waals surface area contributed by atoms with Gasteiger partial charge in [0.15, 0.2) is 0 Å². The van der Waals surface area contributed by atoms with Crippen molar-refractivity contribution < 1.29 is 8.83 Å². The van der Waals surface area contributed by atoms with Crippen molar-refractivity contribution in [3.8, 4) is 63.6 Å². The number of hydrogen-bond donors (Lipinski definition) is 0. The van der Waals surface area contributed by atoms with Gasteiger partial charge in [-0.25, -0.2) is 0 Å². The fraction of sp³-hybridized carbons (Fsp3) is 0.0541. The summed E-state index contributed by atoms with van der Waals surface area (Å²) in [6, 6.07) is 79.5. The quantitative estimate of drug-likeness (QED) is 0.168. The molecule has 0 bridgehead atoms. The van der Waals surface area contributed by atoms with Crippen LogP contribution in [0.1, 0.15) is 48.6 Å². The van der Waals surface area contributed by atoms with Gasteiger partial charge >= 0.3 is 0 Å². The number of hydrogen-bond acceptors (Lipinski definition) is 6. The second-order valence-electron chi connectivity index (χ2n) is 22.5. The molecule has 0 radical (unpaired) electrons. The fourth-order valence-corrected chi connectivity index (χ4v) is 13.1. The first kappa shape index (κ1) is 47.4. The Morgan fingerprint density at radius 3 is 1.61 bits per heavy atom. The van der Waals surface area contributed by atoms with Crippen LogP contribution in [0.2, 0.25) is 0 Å². The topological polar surface area (TPSA) is 136 Å². The van der Waals surface area contributed by atoms with Crippen LogP contribution in [0.15, 0.2) is 215 Å². The monoisotopic (exact) mass is 1060 g/mol. The van der Waals surface area contributed by atoms with E-state index in [2.05, 4.69) is 186 Å². The molecule has 9 nitrogen and oxygen atoms in total. The summed E-state index contributed by atoms with van der Waals surface area (Å²) in [5.41, 5.74) is 16.7. The van der Waals surface area contributed by atoms with Crippen molar-refractivity contribution in [3.63, 3.8) is 0 Å². The van der Waals surface area contributed by atoms with Crippen LogP contribution in [0.4, 0.5) is 0 Å². The van der Waals surface area contributed by atoms with Gasteiger partial charge in [-0.1, -0.05) is 99.6 Å². The Bertz CT molecular complexity index is 5730. The summed E-state index contributed by atoms with van der Waals surface area (Å²) in [7, 11) is 0. The average molecular weight is 1060 g/mol. The minimum absolute atomic E-state index is 0.169. The molecule has 0 atom stereocenters. The van der Waals surface area contributed by atoms with Crippen LogP contribution in [0, 0.1) is 45.3 Å². The molecule has 0 aliphatic carbocycles. The molecule has 0 aliphatic heterocycles. The molecule has 5 heterocycles. The number of aromatic nitrogens is 3. The lowest BCUT2D eigenvalue weighted by Gasteiger charge is -2.19. The van der Waals surface area contributed by atoms with Crippen molar-refractivity contribution in [3.05, 3.63) is 234 Å². The molecule has 5 aromatic heterocycles. The molecule has 0 amide bonds. The molecule has 386 valence electrons. The minimum Gasteiger partial charge on any atom is -0.455 e. The Morgan fingerprint density at radius 2 is 0.916 bits per heavy atom. The van der Waals surface area contributed by atoms with Gasteiger partial charge in [0, 0.05) is 54.3 Å². The van der Waals surface area contributed by atoms with E-state index in [1.54, 1.807) is 24.3 Å². The van der Waals surface area contributed by atoms with Crippen molar-refractivity contribution in [1.82, 2.24) is 13.7 Å². The molecule has 0 unspecified atom stereocenters. The Kier molecular flexibility index (Phi) is 9.96. The Labute approximate surface area is 474 Å². The molecule has 16 aromatic rings. The van der Waals surface area contributed by atoms with Gasteiger partial charge in [0.25, 0.3) is 0 Å². The van der Waals surface area contributed by atoms with Gasteiger partial charge in [0.1, 0.15) is 34.5 Å². The summed E-state index contributed by atoms with van der Waals surface area (Å²) < 4.78 is 20.4. The Morgan fingerprint density at radius 1 is 0.361 bits per heavy atom. The fourth-order valence-electron chi connectivity index (χ4n) is 13.1. The predicted molar refractivity (Wildman–Crippen MR) is 332 cm³/mol. The Balaban J connectivity index is 0.906. The van der Waals surface area contributed by atoms with Crippen LogP contribution in [0.25, 0.3) is 149 Å². The van der Waals surface area contributed by atoms with E-state index in [0.717, 1.165) is 115 Å². The molecule has 0 N–H and O–H groups in total. The lowest BCUT2D eigenvalue weighted by atomic mass is 9.86. The highest BCUT2D eigenvalue weighted by Crippen LogP contribution is 2.47. The number of rotatable bonds is 5. The second-order valence-corrected chi connectivity index (χ2v) is 22.5. The van der Waals surface area contributed by atoms with Crippen LogP contribution in [-0.2, 0) is 5.41 Å². The van der Waals surface area contributed by atoms with Crippen LogP contribution >= 0.6 is 0 Å². The smallest absolute Gasteiger partial charge is 0.145 e. The van der Waals surface area contributed by atoms with Crippen molar-refractivity contribution >= 4 is 109 Å². The summed E-state index contributed by atoms with van der Waals surface area (Å²) in [6.45, 7) is 6.55. The van der Waals surface area contributed by atoms with Gasteiger partial charge in [0.2, 0.25) is 0 Å². The number of fused-ring (bicyclic) bond motifs is 17. The maximum absolute atomic E-state index is 11.5. The number of para-hydroxylation sites is 3. The second kappa shape index (κ2) is 17.4. The molecule has 0 spiro atoms. The maximum Gasteiger partial charge on any atom is 0.145 e. The maximum atomic E-state index is 11.5. The van der Waals surface area contributed by atoms with Crippen molar-refractivity contribution in [2.75, 3.05) is 0 Å². The summed E-state index contributed by atoms with van der Waals surface area (Å²) in [5.74, 6) is 0. The third kappa shape index (κ3) is 6.84. The third-order valence-electron chi connectivity index (χ3n) is 16.9. The van der Waals surface area contributed by atoms with Crippen molar-refractivity contribution in [1.29, 1.82) is 21.0 Å². The largest absolute Gasteiger partial charge is 0.455 e. The molecular weight excluding hydrogens is 1020 g/mol. The van der Waals surface area contributed by atoms with Crippen LogP contribution in [0.3, 0.4) is 0 Å². The van der Waals surface area contributed by atoms with Crippen LogP contribution in [-0.4, -0.2) is 13.7 Å². The highest BCUT2D eigenvalue weighted by molar-refractivity contribution is 6.26. The molecule has 11 aromatic carbocycles. The first-order valence-corrected chi connectivity index (χ1v) is 27.5. The summed E-state index contributed by atoms with van der Waals surface area (Å²) >= 11 is 0. The van der Waals surface area contributed by atoms with Gasteiger partial charge in [-0.3, -0.25) is 0 Å². The highest BCUT2D eigenvalue weighted by atomic mass is 16.3. The molecular formula is C74H43N7O2.